The van der Waals surface area contributed by atoms with Gasteiger partial charge in [0.15, 0.2) is 0 Å². The molecule has 2 N–H and O–H groups in total. The maximum atomic E-state index is 11.4. The molecule has 3 heteroatoms. The van der Waals surface area contributed by atoms with Gasteiger partial charge in [-0.3, -0.25) is 4.79 Å². The van der Waals surface area contributed by atoms with E-state index >= 15 is 0 Å². The molecule has 2 rings (SSSR count). The number of aryl methyl sites for hydroxylation is 1. The summed E-state index contributed by atoms with van der Waals surface area (Å²) < 4.78 is 0. The van der Waals surface area contributed by atoms with Crippen LogP contribution in [0.5, 0.6) is 0 Å². The fourth-order valence-electron chi connectivity index (χ4n) is 2.75. The van der Waals surface area contributed by atoms with Crippen molar-refractivity contribution >= 4 is 11.6 Å². The number of carbonyl (C=O) groups is 1. The Hall–Kier alpha value is -1.35. The summed E-state index contributed by atoms with van der Waals surface area (Å²) in [5.41, 5.74) is 3.88. The van der Waals surface area contributed by atoms with E-state index in [1.807, 2.05) is 13.1 Å². The Morgan fingerprint density at radius 1 is 1.29 bits per heavy atom. The topological polar surface area (TPSA) is 41.1 Å². The Bertz CT molecular complexity index is 516. The van der Waals surface area contributed by atoms with Crippen LogP contribution in [0.3, 0.4) is 0 Å². The second-order valence-electron chi connectivity index (χ2n) is 7.31. The normalized spacial score (nSPS) is 17.9. The van der Waals surface area contributed by atoms with Gasteiger partial charge in [0.05, 0.1) is 0 Å². The van der Waals surface area contributed by atoms with Crippen LogP contribution in [0.4, 0.5) is 5.69 Å². The molecule has 116 valence electrons. The lowest BCUT2D eigenvalue weighted by molar-refractivity contribution is -0.116. The molecular formula is C18H28N2O. The number of hydrogen-bond acceptors (Lipinski definition) is 2. The summed E-state index contributed by atoms with van der Waals surface area (Å²) in [6.07, 6.45) is 2.56. The van der Waals surface area contributed by atoms with Gasteiger partial charge in [0, 0.05) is 18.2 Å². The number of rotatable bonds is 4. The number of hydrogen-bond donors (Lipinski definition) is 2. The molecule has 0 aliphatic carbocycles. The van der Waals surface area contributed by atoms with Gasteiger partial charge in [-0.2, -0.15) is 0 Å². The van der Waals surface area contributed by atoms with Gasteiger partial charge in [-0.1, -0.05) is 39.8 Å². The van der Waals surface area contributed by atoms with Gasteiger partial charge in [0.25, 0.3) is 0 Å². The lowest BCUT2D eigenvalue weighted by atomic mass is 9.77. The lowest BCUT2D eigenvalue weighted by Crippen LogP contribution is -2.26. The van der Waals surface area contributed by atoms with Gasteiger partial charge in [-0.05, 0) is 48.4 Å². The van der Waals surface area contributed by atoms with E-state index in [-0.39, 0.29) is 5.91 Å². The molecule has 1 heterocycles. The SMILES string of the molecule is CNC(CC(C)C(C)(C)C)c1ccc2c(c1)CCC(=O)N2. The Balaban J connectivity index is 2.17. The number of nitrogens with one attached hydrogen (secondary N) is 2. The summed E-state index contributed by atoms with van der Waals surface area (Å²) in [7, 11) is 2.03. The summed E-state index contributed by atoms with van der Waals surface area (Å²) in [5, 5.41) is 6.40. The number of carbonyl (C=O) groups excluding carboxylic acids is 1. The van der Waals surface area contributed by atoms with Crippen LogP contribution < -0.4 is 10.6 Å². The maximum absolute atomic E-state index is 11.4. The summed E-state index contributed by atoms with van der Waals surface area (Å²) in [6.45, 7) is 9.22. The van der Waals surface area contributed by atoms with Gasteiger partial charge in [-0.25, -0.2) is 0 Å². The Morgan fingerprint density at radius 3 is 2.62 bits per heavy atom. The molecule has 2 atom stereocenters. The molecule has 3 nitrogen and oxygen atoms in total. The van der Waals surface area contributed by atoms with Crippen LogP contribution >= 0.6 is 0 Å². The molecule has 1 aromatic rings. The van der Waals surface area contributed by atoms with Gasteiger partial charge in [-0.15, -0.1) is 0 Å². The number of fused-ring (bicyclic) bond motifs is 1. The van der Waals surface area contributed by atoms with Crippen molar-refractivity contribution in [3.05, 3.63) is 29.3 Å². The molecule has 1 aliphatic rings. The molecule has 0 bridgehead atoms. The first-order valence-corrected chi connectivity index (χ1v) is 7.91. The molecule has 21 heavy (non-hydrogen) atoms. The van der Waals surface area contributed by atoms with Crippen LogP contribution in [0.25, 0.3) is 0 Å². The van der Waals surface area contributed by atoms with Crippen molar-refractivity contribution in [3.63, 3.8) is 0 Å². The summed E-state index contributed by atoms with van der Waals surface area (Å²) in [5.74, 6) is 0.757. The molecule has 1 aromatic carbocycles. The molecule has 0 aromatic heterocycles. The molecule has 0 saturated carbocycles. The van der Waals surface area contributed by atoms with E-state index in [2.05, 4.69) is 50.5 Å². The number of amides is 1. The van der Waals surface area contributed by atoms with Crippen molar-refractivity contribution < 1.29 is 4.79 Å². The predicted molar refractivity (Wildman–Crippen MR) is 88.4 cm³/mol. The Labute approximate surface area is 128 Å². The third kappa shape index (κ3) is 3.85. The predicted octanol–water partition coefficient (Wildman–Crippen LogP) is 3.90. The molecule has 0 radical (unpaired) electrons. The summed E-state index contributed by atoms with van der Waals surface area (Å²) in [4.78, 5) is 11.4. The van der Waals surface area contributed by atoms with E-state index < -0.39 is 0 Å². The monoisotopic (exact) mass is 288 g/mol. The van der Waals surface area contributed by atoms with E-state index in [4.69, 9.17) is 0 Å². The van der Waals surface area contributed by atoms with E-state index in [1.54, 1.807) is 0 Å². The van der Waals surface area contributed by atoms with E-state index in [0.717, 1.165) is 18.5 Å². The van der Waals surface area contributed by atoms with Crippen LogP contribution in [0.2, 0.25) is 0 Å². The van der Waals surface area contributed by atoms with Crippen molar-refractivity contribution in [1.82, 2.24) is 5.32 Å². The fourth-order valence-corrected chi connectivity index (χ4v) is 2.75. The van der Waals surface area contributed by atoms with Crippen molar-refractivity contribution in [1.29, 1.82) is 0 Å². The van der Waals surface area contributed by atoms with Gasteiger partial charge < -0.3 is 10.6 Å². The second-order valence-corrected chi connectivity index (χ2v) is 7.31. The van der Waals surface area contributed by atoms with E-state index in [0.29, 0.717) is 23.8 Å². The van der Waals surface area contributed by atoms with Crippen LogP contribution in [-0.4, -0.2) is 13.0 Å². The fraction of sp³-hybridized carbons (Fsp3) is 0.611. The molecular weight excluding hydrogens is 260 g/mol. The van der Waals surface area contributed by atoms with Crippen molar-refractivity contribution in [2.24, 2.45) is 11.3 Å². The highest BCUT2D eigenvalue weighted by atomic mass is 16.1. The first-order valence-electron chi connectivity index (χ1n) is 7.91. The minimum atomic E-state index is 0.127. The standard InChI is InChI=1S/C18H28N2O/c1-12(18(2,3)4)10-16(19-5)14-6-8-15-13(11-14)7-9-17(21)20-15/h6,8,11-12,16,19H,7,9-10H2,1-5H3,(H,20,21). The highest BCUT2D eigenvalue weighted by molar-refractivity contribution is 5.93. The quantitative estimate of drug-likeness (QED) is 0.882. The minimum absolute atomic E-state index is 0.127. The molecule has 0 fully saturated rings. The van der Waals surface area contributed by atoms with Gasteiger partial charge >= 0.3 is 0 Å². The van der Waals surface area contributed by atoms with Crippen LogP contribution in [-0.2, 0) is 11.2 Å². The van der Waals surface area contributed by atoms with Gasteiger partial charge in [0.1, 0.15) is 0 Å². The van der Waals surface area contributed by atoms with Crippen molar-refractivity contribution in [2.45, 2.75) is 53.0 Å². The zero-order valence-electron chi connectivity index (χ0n) is 13.9. The molecule has 2 unspecified atom stereocenters. The molecule has 0 spiro atoms. The second kappa shape index (κ2) is 6.18. The number of anilines is 1. The zero-order valence-corrected chi connectivity index (χ0v) is 13.9. The highest BCUT2D eigenvalue weighted by Gasteiger charge is 2.24. The Morgan fingerprint density at radius 2 is 2.00 bits per heavy atom. The maximum Gasteiger partial charge on any atom is 0.224 e. The molecule has 1 amide bonds. The average Bonchev–Trinajstić information content (AvgIpc) is 2.42. The smallest absolute Gasteiger partial charge is 0.224 e. The summed E-state index contributed by atoms with van der Waals surface area (Å²) >= 11 is 0. The third-order valence-electron chi connectivity index (χ3n) is 4.84. The third-order valence-corrected chi connectivity index (χ3v) is 4.84. The zero-order chi connectivity index (χ0) is 15.6. The Kier molecular flexibility index (Phi) is 4.72. The first kappa shape index (κ1) is 16.0. The highest BCUT2D eigenvalue weighted by Crippen LogP contribution is 2.34. The van der Waals surface area contributed by atoms with Crippen molar-refractivity contribution in [2.75, 3.05) is 12.4 Å². The van der Waals surface area contributed by atoms with Crippen molar-refractivity contribution in [3.8, 4) is 0 Å². The van der Waals surface area contributed by atoms with Crippen LogP contribution in [0, 0.1) is 11.3 Å². The first-order chi connectivity index (χ1) is 9.81. The lowest BCUT2D eigenvalue weighted by Gasteiger charge is -2.31. The van der Waals surface area contributed by atoms with E-state index in [1.165, 1.54) is 11.1 Å². The van der Waals surface area contributed by atoms with Crippen LogP contribution in [0.1, 0.15) is 57.7 Å². The van der Waals surface area contributed by atoms with E-state index in [9.17, 15) is 4.79 Å². The average molecular weight is 288 g/mol. The molecule has 0 saturated heterocycles. The number of benzene rings is 1. The largest absolute Gasteiger partial charge is 0.326 e. The summed E-state index contributed by atoms with van der Waals surface area (Å²) in [6, 6.07) is 6.81. The minimum Gasteiger partial charge on any atom is -0.326 e. The van der Waals surface area contributed by atoms with Gasteiger partial charge in [0.2, 0.25) is 5.91 Å². The van der Waals surface area contributed by atoms with Crippen LogP contribution in [0.15, 0.2) is 18.2 Å². The molecule has 1 aliphatic heterocycles.